The average Bonchev–Trinajstić information content (AvgIpc) is 3.29. The number of anilines is 2. The molecule has 1 N–H and O–H groups in total. The van der Waals surface area contributed by atoms with Crippen LogP contribution < -0.4 is 10.2 Å². The molecule has 6 heteroatoms. The fourth-order valence-corrected chi connectivity index (χ4v) is 4.29. The van der Waals surface area contributed by atoms with Crippen molar-refractivity contribution < 1.29 is 4.79 Å². The minimum atomic E-state index is 0.0971. The zero-order valence-electron chi connectivity index (χ0n) is 13.6. The lowest BCUT2D eigenvalue weighted by Gasteiger charge is -2.36. The molecule has 0 aromatic carbocycles. The van der Waals surface area contributed by atoms with Crippen LogP contribution in [0.1, 0.15) is 39.5 Å². The summed E-state index contributed by atoms with van der Waals surface area (Å²) < 4.78 is 0.988. The maximum atomic E-state index is 12.0. The van der Waals surface area contributed by atoms with Crippen LogP contribution in [-0.4, -0.2) is 28.5 Å². The molecule has 5 nitrogen and oxygen atoms in total. The van der Waals surface area contributed by atoms with E-state index in [0.29, 0.717) is 17.8 Å². The second-order valence-corrected chi connectivity index (χ2v) is 7.93. The molecule has 1 amide bonds. The van der Waals surface area contributed by atoms with Gasteiger partial charge in [-0.1, -0.05) is 18.3 Å². The molecule has 2 aromatic heterocycles. The molecular weight excluding hydrogens is 308 g/mol. The van der Waals surface area contributed by atoms with Crippen molar-refractivity contribution in [3.8, 4) is 0 Å². The molecule has 2 fully saturated rings. The third-order valence-electron chi connectivity index (χ3n) is 4.85. The Balaban J connectivity index is 1.65. The van der Waals surface area contributed by atoms with Crippen molar-refractivity contribution in [1.82, 2.24) is 9.97 Å². The number of nitrogens with one attached hydrogen (secondary N) is 1. The Morgan fingerprint density at radius 1 is 1.30 bits per heavy atom. The molecule has 2 aromatic rings. The van der Waals surface area contributed by atoms with Crippen molar-refractivity contribution in [3.05, 3.63) is 12.3 Å². The summed E-state index contributed by atoms with van der Waals surface area (Å²) in [5, 5.41) is 4.03. The normalized spacial score (nSPS) is 24.9. The van der Waals surface area contributed by atoms with E-state index < -0.39 is 0 Å². The van der Waals surface area contributed by atoms with Crippen LogP contribution in [0.25, 0.3) is 10.2 Å². The fraction of sp³-hybridized carbons (Fsp3) is 0.588. The van der Waals surface area contributed by atoms with Crippen molar-refractivity contribution >= 4 is 38.4 Å². The molecule has 3 heterocycles. The van der Waals surface area contributed by atoms with E-state index in [1.807, 2.05) is 6.07 Å². The molecule has 1 aliphatic heterocycles. The van der Waals surface area contributed by atoms with E-state index in [1.165, 1.54) is 12.8 Å². The molecule has 0 bridgehead atoms. The Bertz CT molecular complexity index is 739. The Morgan fingerprint density at radius 2 is 2.13 bits per heavy atom. The van der Waals surface area contributed by atoms with Crippen LogP contribution in [0.3, 0.4) is 0 Å². The van der Waals surface area contributed by atoms with Crippen molar-refractivity contribution in [2.45, 2.75) is 45.6 Å². The van der Waals surface area contributed by atoms with Gasteiger partial charge in [-0.15, -0.1) is 0 Å². The van der Waals surface area contributed by atoms with Gasteiger partial charge in [-0.05, 0) is 44.6 Å². The van der Waals surface area contributed by atoms with Crippen molar-refractivity contribution in [1.29, 1.82) is 0 Å². The van der Waals surface area contributed by atoms with Crippen LogP contribution >= 0.6 is 11.3 Å². The smallest absolute Gasteiger partial charge is 0.228 e. The number of carbonyl (C=O) groups is 1. The van der Waals surface area contributed by atoms with E-state index in [0.717, 1.165) is 34.7 Å². The van der Waals surface area contributed by atoms with Gasteiger partial charge < -0.3 is 10.2 Å². The van der Waals surface area contributed by atoms with E-state index in [4.69, 9.17) is 4.98 Å². The molecule has 0 unspecified atom stereocenters. The molecule has 122 valence electrons. The quantitative estimate of drug-likeness (QED) is 0.933. The highest BCUT2D eigenvalue weighted by molar-refractivity contribution is 7.22. The minimum absolute atomic E-state index is 0.0971. The number of hydrogen-bond donors (Lipinski definition) is 1. The van der Waals surface area contributed by atoms with E-state index in [2.05, 4.69) is 29.0 Å². The maximum Gasteiger partial charge on any atom is 0.228 e. The summed E-state index contributed by atoms with van der Waals surface area (Å²) in [4.78, 5) is 23.6. The predicted molar refractivity (Wildman–Crippen MR) is 94.0 cm³/mol. The topological polar surface area (TPSA) is 58.1 Å². The van der Waals surface area contributed by atoms with Crippen LogP contribution in [0, 0.1) is 11.8 Å². The van der Waals surface area contributed by atoms with Gasteiger partial charge >= 0.3 is 0 Å². The first-order valence-corrected chi connectivity index (χ1v) is 9.26. The molecule has 23 heavy (non-hydrogen) atoms. The third-order valence-corrected chi connectivity index (χ3v) is 5.96. The van der Waals surface area contributed by atoms with E-state index >= 15 is 0 Å². The standard InChI is InChI=1S/C17H22N4OS/c1-10-3-4-11(2)21(9-10)17-19-13-7-8-18-15(14(13)23-17)20-16(22)12-5-6-12/h7-8,10-12H,3-6,9H2,1-2H3,(H,18,20,22)/t10-,11-/m1/s1. The molecule has 1 saturated heterocycles. The molecule has 4 rings (SSSR count). The summed E-state index contributed by atoms with van der Waals surface area (Å²) >= 11 is 1.65. The van der Waals surface area contributed by atoms with Gasteiger partial charge in [0.05, 0.1) is 10.2 Å². The van der Waals surface area contributed by atoms with Gasteiger partial charge in [0, 0.05) is 24.7 Å². The lowest BCUT2D eigenvalue weighted by atomic mass is 9.96. The molecule has 2 aliphatic rings. The summed E-state index contributed by atoms with van der Waals surface area (Å²) in [5.41, 5.74) is 0.927. The van der Waals surface area contributed by atoms with Crippen LogP contribution in [0.4, 0.5) is 10.9 Å². The van der Waals surface area contributed by atoms with Gasteiger partial charge in [-0.3, -0.25) is 4.79 Å². The molecule has 2 atom stereocenters. The van der Waals surface area contributed by atoms with Crippen molar-refractivity contribution in [2.24, 2.45) is 11.8 Å². The average molecular weight is 330 g/mol. The predicted octanol–water partition coefficient (Wildman–Crippen LogP) is 3.66. The van der Waals surface area contributed by atoms with E-state index in [1.54, 1.807) is 17.5 Å². The number of pyridine rings is 1. The zero-order chi connectivity index (χ0) is 16.0. The van der Waals surface area contributed by atoms with E-state index in [9.17, 15) is 4.79 Å². The van der Waals surface area contributed by atoms with Gasteiger partial charge in [-0.25, -0.2) is 9.97 Å². The molecule has 1 saturated carbocycles. The fourth-order valence-electron chi connectivity index (χ4n) is 3.18. The first kappa shape index (κ1) is 14.9. The number of amides is 1. The number of fused-ring (bicyclic) bond motifs is 1. The highest BCUT2D eigenvalue weighted by atomic mass is 32.1. The molecule has 0 radical (unpaired) electrons. The Labute approximate surface area is 140 Å². The van der Waals surface area contributed by atoms with Gasteiger partial charge in [0.15, 0.2) is 10.9 Å². The maximum absolute atomic E-state index is 12.0. The summed E-state index contributed by atoms with van der Waals surface area (Å²) in [6, 6.07) is 2.45. The van der Waals surface area contributed by atoms with Gasteiger partial charge in [0.1, 0.15) is 0 Å². The first-order valence-electron chi connectivity index (χ1n) is 8.45. The number of piperidine rings is 1. The van der Waals surface area contributed by atoms with Gasteiger partial charge in [-0.2, -0.15) is 0 Å². The van der Waals surface area contributed by atoms with Crippen molar-refractivity contribution in [2.75, 3.05) is 16.8 Å². The first-order chi connectivity index (χ1) is 11.1. The second-order valence-electron chi connectivity index (χ2n) is 6.95. The van der Waals surface area contributed by atoms with Crippen LogP contribution in [0.2, 0.25) is 0 Å². The second kappa shape index (κ2) is 5.74. The summed E-state index contributed by atoms with van der Waals surface area (Å²) in [6.07, 6.45) is 6.22. The highest BCUT2D eigenvalue weighted by Crippen LogP contribution is 2.37. The monoisotopic (exact) mass is 330 g/mol. The molecular formula is C17H22N4OS. The van der Waals surface area contributed by atoms with Crippen molar-refractivity contribution in [3.63, 3.8) is 0 Å². The number of carbonyl (C=O) groups excluding carboxylic acids is 1. The van der Waals surface area contributed by atoms with Crippen LogP contribution in [-0.2, 0) is 4.79 Å². The number of hydrogen-bond acceptors (Lipinski definition) is 5. The van der Waals surface area contributed by atoms with Gasteiger partial charge in [0.2, 0.25) is 5.91 Å². The molecule has 0 spiro atoms. The molecule has 1 aliphatic carbocycles. The van der Waals surface area contributed by atoms with Crippen LogP contribution in [0.15, 0.2) is 12.3 Å². The Hall–Kier alpha value is -1.69. The lowest BCUT2D eigenvalue weighted by molar-refractivity contribution is -0.117. The number of thiazole rings is 1. The zero-order valence-corrected chi connectivity index (χ0v) is 14.4. The third kappa shape index (κ3) is 2.92. The lowest BCUT2D eigenvalue weighted by Crippen LogP contribution is -2.40. The summed E-state index contributed by atoms with van der Waals surface area (Å²) in [5.74, 6) is 1.65. The summed E-state index contributed by atoms with van der Waals surface area (Å²) in [7, 11) is 0. The highest BCUT2D eigenvalue weighted by Gasteiger charge is 2.31. The largest absolute Gasteiger partial charge is 0.345 e. The number of rotatable bonds is 3. The van der Waals surface area contributed by atoms with E-state index in [-0.39, 0.29) is 11.8 Å². The summed E-state index contributed by atoms with van der Waals surface area (Å²) in [6.45, 7) is 5.62. The Morgan fingerprint density at radius 3 is 2.91 bits per heavy atom. The number of aromatic nitrogens is 2. The minimum Gasteiger partial charge on any atom is -0.345 e. The number of nitrogens with zero attached hydrogens (tertiary/aromatic N) is 3. The Kier molecular flexibility index (Phi) is 3.71. The van der Waals surface area contributed by atoms with Gasteiger partial charge in [0.25, 0.3) is 0 Å². The van der Waals surface area contributed by atoms with Crippen LogP contribution in [0.5, 0.6) is 0 Å². The SMILES string of the molecule is C[C@@H]1CC[C@@H](C)N(c2nc3ccnc(NC(=O)C4CC4)c3s2)C1.